The molecule has 0 aliphatic heterocycles. The van der Waals surface area contributed by atoms with Gasteiger partial charge in [0.25, 0.3) is 5.91 Å². The number of carbonyl (C=O) groups is 1. The predicted octanol–water partition coefficient (Wildman–Crippen LogP) is 4.90. The smallest absolute Gasteiger partial charge is 0.339 e. The Balaban J connectivity index is 1.76. The zero-order chi connectivity index (χ0) is 24.0. The molecule has 0 fully saturated rings. The summed E-state index contributed by atoms with van der Waals surface area (Å²) in [6.07, 6.45) is 0. The lowest BCUT2D eigenvalue weighted by atomic mass is 10.1. The van der Waals surface area contributed by atoms with E-state index in [4.69, 9.17) is 8.92 Å². The highest BCUT2D eigenvalue weighted by molar-refractivity contribution is 7.87. The van der Waals surface area contributed by atoms with E-state index >= 15 is 0 Å². The largest absolute Gasteiger partial charge is 0.496 e. The third-order valence-electron chi connectivity index (χ3n) is 4.82. The van der Waals surface area contributed by atoms with Crippen molar-refractivity contribution in [3.8, 4) is 11.5 Å². The molecule has 0 spiro atoms. The van der Waals surface area contributed by atoms with Gasteiger partial charge in [-0.05, 0) is 60.0 Å². The zero-order valence-corrected chi connectivity index (χ0v) is 19.5. The Morgan fingerprint density at radius 2 is 1.61 bits per heavy atom. The number of amides is 1. The van der Waals surface area contributed by atoms with Crippen molar-refractivity contribution in [3.05, 3.63) is 89.7 Å². The molecule has 0 saturated carbocycles. The van der Waals surface area contributed by atoms with Gasteiger partial charge in [-0.3, -0.25) is 4.79 Å². The highest BCUT2D eigenvalue weighted by Crippen LogP contribution is 2.23. The number of nitrogens with zero attached hydrogens (tertiary/aromatic N) is 1. The van der Waals surface area contributed by atoms with Crippen LogP contribution < -0.4 is 8.92 Å². The van der Waals surface area contributed by atoms with Gasteiger partial charge in [0.2, 0.25) is 0 Å². The lowest BCUT2D eigenvalue weighted by Crippen LogP contribution is -2.34. The Bertz CT molecular complexity index is 1190. The normalized spacial score (nSPS) is 11.3. The van der Waals surface area contributed by atoms with E-state index in [0.29, 0.717) is 24.4 Å². The van der Waals surface area contributed by atoms with Gasteiger partial charge < -0.3 is 13.8 Å². The number of hydrogen-bond acceptors (Lipinski definition) is 5. The average molecular weight is 472 g/mol. The maximum atomic E-state index is 13.2. The van der Waals surface area contributed by atoms with Crippen LogP contribution in [0.25, 0.3) is 0 Å². The topological polar surface area (TPSA) is 72.9 Å². The lowest BCUT2D eigenvalue weighted by Gasteiger charge is -2.25. The molecule has 0 aliphatic rings. The molecule has 0 bridgehead atoms. The molecule has 6 nitrogen and oxygen atoms in total. The van der Waals surface area contributed by atoms with E-state index in [1.807, 2.05) is 13.8 Å². The van der Waals surface area contributed by atoms with Crippen LogP contribution in [0.2, 0.25) is 0 Å². The van der Waals surface area contributed by atoms with E-state index in [9.17, 15) is 17.6 Å². The van der Waals surface area contributed by atoms with Crippen LogP contribution in [-0.2, 0) is 16.7 Å². The highest BCUT2D eigenvalue weighted by atomic mass is 32.2. The van der Waals surface area contributed by atoms with Gasteiger partial charge in [-0.25, -0.2) is 4.39 Å². The Kier molecular flexibility index (Phi) is 7.71. The molecular weight excluding hydrogens is 445 g/mol. The molecule has 3 aromatic carbocycles. The molecule has 0 unspecified atom stereocenters. The van der Waals surface area contributed by atoms with E-state index < -0.39 is 15.9 Å². The number of para-hydroxylation sites is 1. The molecule has 0 radical (unpaired) electrons. The van der Waals surface area contributed by atoms with E-state index in [1.54, 1.807) is 41.3 Å². The molecule has 0 atom stereocenters. The summed E-state index contributed by atoms with van der Waals surface area (Å²) in [6, 6.07) is 17.9. The Morgan fingerprint density at radius 3 is 2.21 bits per heavy atom. The van der Waals surface area contributed by atoms with Crippen LogP contribution in [0.15, 0.2) is 77.7 Å². The average Bonchev–Trinajstić information content (AvgIpc) is 2.79. The maximum Gasteiger partial charge on any atom is 0.339 e. The monoisotopic (exact) mass is 471 g/mol. The van der Waals surface area contributed by atoms with Crippen LogP contribution in [-0.4, -0.2) is 32.9 Å². The molecule has 8 heteroatoms. The summed E-state index contributed by atoms with van der Waals surface area (Å²) in [5.74, 6) is 0.181. The molecule has 3 aromatic rings. The first-order valence-corrected chi connectivity index (χ1v) is 11.8. The summed E-state index contributed by atoms with van der Waals surface area (Å²) in [5, 5.41) is 0. The molecule has 174 valence electrons. The minimum atomic E-state index is -4.08. The number of benzene rings is 3. The standard InChI is InChI=1S/C25H26FNO5S/c1-18(2)16-27(25(28)23-6-4-5-7-24(23)31-3)17-19-8-12-21(13-9-19)32-33(29,30)22-14-10-20(26)11-15-22/h4-15,18H,16-17H2,1-3H3. The first kappa shape index (κ1) is 24.3. The highest BCUT2D eigenvalue weighted by Gasteiger charge is 2.21. The first-order chi connectivity index (χ1) is 15.7. The molecule has 0 saturated heterocycles. The van der Waals surface area contributed by atoms with E-state index in [0.717, 1.165) is 29.8 Å². The maximum absolute atomic E-state index is 13.2. The van der Waals surface area contributed by atoms with Gasteiger partial charge in [-0.2, -0.15) is 8.42 Å². The molecule has 0 heterocycles. The molecular formula is C25H26FNO5S. The number of carbonyl (C=O) groups excluding carboxylic acids is 1. The summed E-state index contributed by atoms with van der Waals surface area (Å²) in [5.41, 5.74) is 1.29. The second-order valence-corrected chi connectivity index (χ2v) is 9.46. The molecule has 0 aromatic heterocycles. The Morgan fingerprint density at radius 1 is 0.970 bits per heavy atom. The Labute approximate surface area is 193 Å². The second kappa shape index (κ2) is 10.5. The fourth-order valence-corrected chi connectivity index (χ4v) is 4.23. The second-order valence-electron chi connectivity index (χ2n) is 7.92. The van der Waals surface area contributed by atoms with Crippen LogP contribution in [0.5, 0.6) is 11.5 Å². The van der Waals surface area contributed by atoms with Crippen LogP contribution in [0.1, 0.15) is 29.8 Å². The number of rotatable bonds is 9. The fourth-order valence-electron chi connectivity index (χ4n) is 3.30. The van der Waals surface area contributed by atoms with E-state index in [1.165, 1.54) is 19.2 Å². The number of hydrogen-bond donors (Lipinski definition) is 0. The molecule has 1 amide bonds. The van der Waals surface area contributed by atoms with Gasteiger partial charge in [-0.1, -0.05) is 38.1 Å². The SMILES string of the molecule is COc1ccccc1C(=O)N(Cc1ccc(OS(=O)(=O)c2ccc(F)cc2)cc1)CC(C)C. The fraction of sp³-hybridized carbons (Fsp3) is 0.240. The third-order valence-corrected chi connectivity index (χ3v) is 6.08. The molecule has 0 aliphatic carbocycles. The summed E-state index contributed by atoms with van der Waals surface area (Å²) >= 11 is 0. The van der Waals surface area contributed by atoms with Crippen molar-refractivity contribution in [2.75, 3.05) is 13.7 Å². The van der Waals surface area contributed by atoms with Crippen LogP contribution >= 0.6 is 0 Å². The minimum absolute atomic E-state index is 0.120. The predicted molar refractivity (Wildman–Crippen MR) is 123 cm³/mol. The number of ether oxygens (including phenoxy) is 1. The number of halogens is 1. The minimum Gasteiger partial charge on any atom is -0.496 e. The Hall–Kier alpha value is -3.39. The van der Waals surface area contributed by atoms with Crippen molar-refractivity contribution in [1.29, 1.82) is 0 Å². The molecule has 0 N–H and O–H groups in total. The quantitative estimate of drug-likeness (QED) is 0.415. The lowest BCUT2D eigenvalue weighted by molar-refractivity contribution is 0.0719. The van der Waals surface area contributed by atoms with Gasteiger partial charge in [-0.15, -0.1) is 0 Å². The van der Waals surface area contributed by atoms with Gasteiger partial charge in [0, 0.05) is 13.1 Å². The number of methoxy groups -OCH3 is 1. The summed E-state index contributed by atoms with van der Waals surface area (Å²) in [4.78, 5) is 14.8. The van der Waals surface area contributed by atoms with Gasteiger partial charge in [0.15, 0.2) is 0 Å². The zero-order valence-electron chi connectivity index (χ0n) is 18.7. The van der Waals surface area contributed by atoms with Gasteiger partial charge in [0.05, 0.1) is 12.7 Å². The summed E-state index contributed by atoms with van der Waals surface area (Å²) in [7, 11) is -2.56. The van der Waals surface area contributed by atoms with Crippen molar-refractivity contribution >= 4 is 16.0 Å². The van der Waals surface area contributed by atoms with Crippen molar-refractivity contribution in [2.45, 2.75) is 25.3 Å². The first-order valence-electron chi connectivity index (χ1n) is 10.4. The van der Waals surface area contributed by atoms with Crippen LogP contribution in [0, 0.1) is 11.7 Å². The third kappa shape index (κ3) is 6.32. The van der Waals surface area contributed by atoms with E-state index in [-0.39, 0.29) is 22.5 Å². The van der Waals surface area contributed by atoms with Gasteiger partial charge >= 0.3 is 10.1 Å². The van der Waals surface area contributed by atoms with Crippen LogP contribution in [0.3, 0.4) is 0 Å². The van der Waals surface area contributed by atoms with Crippen molar-refractivity contribution in [1.82, 2.24) is 4.90 Å². The summed E-state index contributed by atoms with van der Waals surface area (Å²) in [6.45, 7) is 4.92. The summed E-state index contributed by atoms with van der Waals surface area (Å²) < 4.78 is 48.3. The van der Waals surface area contributed by atoms with Crippen molar-refractivity contribution in [3.63, 3.8) is 0 Å². The molecule has 33 heavy (non-hydrogen) atoms. The van der Waals surface area contributed by atoms with E-state index in [2.05, 4.69) is 0 Å². The van der Waals surface area contributed by atoms with Crippen molar-refractivity contribution in [2.24, 2.45) is 5.92 Å². The van der Waals surface area contributed by atoms with Crippen molar-refractivity contribution < 1.29 is 26.5 Å². The molecule has 3 rings (SSSR count). The van der Waals surface area contributed by atoms with Crippen LogP contribution in [0.4, 0.5) is 4.39 Å². The van der Waals surface area contributed by atoms with Gasteiger partial charge in [0.1, 0.15) is 22.2 Å².